The van der Waals surface area contributed by atoms with E-state index in [1.54, 1.807) is 12.2 Å². The number of carbonyl (C=O) groups is 3. The molecule has 1 aliphatic carbocycles. The predicted octanol–water partition coefficient (Wildman–Crippen LogP) is 6.82. The topological polar surface area (TPSA) is 113 Å². The Bertz CT molecular complexity index is 1780. The molecule has 1 fully saturated rings. The number of halogens is 1. The van der Waals surface area contributed by atoms with Crippen LogP contribution in [0.2, 0.25) is 0 Å². The lowest BCUT2D eigenvalue weighted by Gasteiger charge is -2.29. The van der Waals surface area contributed by atoms with E-state index >= 15 is 0 Å². The largest absolute Gasteiger partial charge is 0.379 e. The van der Waals surface area contributed by atoms with Crippen molar-refractivity contribution in [2.75, 3.05) is 64.4 Å². The summed E-state index contributed by atoms with van der Waals surface area (Å²) in [6, 6.07) is 22.1. The fraction of sp³-hybridized carbons (Fsp3) is 0.442. The van der Waals surface area contributed by atoms with E-state index in [2.05, 4.69) is 39.9 Å². The molecule has 0 spiro atoms. The van der Waals surface area contributed by atoms with E-state index in [0.29, 0.717) is 63.8 Å². The molecule has 288 valence electrons. The Morgan fingerprint density at radius 2 is 1.56 bits per heavy atom. The number of nitrogens with one attached hydrogen (secondary N) is 2. The first-order chi connectivity index (χ1) is 26.3. The van der Waals surface area contributed by atoms with E-state index < -0.39 is 0 Å². The summed E-state index contributed by atoms with van der Waals surface area (Å²) < 4.78 is 11.2. The van der Waals surface area contributed by atoms with E-state index in [-0.39, 0.29) is 41.9 Å². The maximum Gasteiger partial charge on any atom is 0.278 e. The van der Waals surface area contributed by atoms with E-state index in [9.17, 15) is 14.4 Å². The number of amides is 3. The minimum atomic E-state index is -0.328. The second kappa shape index (κ2) is 21.4. The van der Waals surface area contributed by atoms with Gasteiger partial charge in [-0.25, -0.2) is 4.99 Å². The number of aliphatic imine (C=N–C) groups is 1. The Morgan fingerprint density at radius 3 is 2.30 bits per heavy atom. The van der Waals surface area contributed by atoms with Crippen LogP contribution in [0.1, 0.15) is 62.5 Å². The minimum Gasteiger partial charge on any atom is -0.379 e. The number of nitrogens with zero attached hydrogens (tertiary/aromatic N) is 3. The van der Waals surface area contributed by atoms with Crippen molar-refractivity contribution < 1.29 is 23.9 Å². The normalized spacial score (nSPS) is 18.1. The summed E-state index contributed by atoms with van der Waals surface area (Å²) in [5, 5.41) is 8.35. The monoisotopic (exact) mass is 755 g/mol. The number of hydrogen-bond donors (Lipinski definition) is 2. The zero-order chi connectivity index (χ0) is 38.1. The van der Waals surface area contributed by atoms with Gasteiger partial charge in [0.2, 0.25) is 11.8 Å². The molecule has 3 amide bonds. The van der Waals surface area contributed by atoms with E-state index in [0.717, 1.165) is 59.9 Å². The van der Waals surface area contributed by atoms with E-state index in [1.807, 2.05) is 67.5 Å². The Hall–Kier alpha value is -4.51. The highest BCUT2D eigenvalue weighted by Crippen LogP contribution is 2.26. The van der Waals surface area contributed by atoms with Crippen LogP contribution in [-0.4, -0.2) is 94.0 Å². The quantitative estimate of drug-likeness (QED) is 0.0744. The van der Waals surface area contributed by atoms with Crippen LogP contribution in [0.15, 0.2) is 83.5 Å². The molecule has 1 saturated carbocycles. The van der Waals surface area contributed by atoms with Gasteiger partial charge in [-0.3, -0.25) is 19.3 Å². The van der Waals surface area contributed by atoms with Gasteiger partial charge in [0.15, 0.2) is 0 Å². The molecule has 0 aromatic heterocycles. The number of unbranched alkanes of at least 4 members (excludes halogenated alkanes) is 3. The Labute approximate surface area is 324 Å². The number of hydrogen-bond acceptors (Lipinski definition) is 7. The molecule has 0 bridgehead atoms. The summed E-state index contributed by atoms with van der Waals surface area (Å²) in [4.78, 5) is 48.0. The average molecular weight is 756 g/mol. The maximum absolute atomic E-state index is 13.7. The van der Waals surface area contributed by atoms with E-state index in [1.165, 1.54) is 4.90 Å². The van der Waals surface area contributed by atoms with Crippen LogP contribution < -0.4 is 15.5 Å². The van der Waals surface area contributed by atoms with Gasteiger partial charge in [-0.1, -0.05) is 67.4 Å². The molecule has 0 atom stereocenters. The lowest BCUT2D eigenvalue weighted by Crippen LogP contribution is -2.46. The fourth-order valence-corrected chi connectivity index (χ4v) is 6.83. The molecule has 54 heavy (non-hydrogen) atoms. The number of carbonyl (C=O) groups excluding carboxylic acids is 3. The highest BCUT2D eigenvalue weighted by Gasteiger charge is 2.32. The first-order valence-electron chi connectivity index (χ1n) is 19.2. The summed E-state index contributed by atoms with van der Waals surface area (Å²) in [5.74, 6) is 0.461. The molecule has 2 aliphatic rings. The van der Waals surface area contributed by atoms with Gasteiger partial charge in [0.05, 0.1) is 19.8 Å². The van der Waals surface area contributed by atoms with Crippen molar-refractivity contribution in [2.24, 2.45) is 10.9 Å². The highest BCUT2D eigenvalue weighted by molar-refractivity contribution is 6.20. The van der Waals surface area contributed by atoms with Crippen molar-refractivity contribution in [1.29, 1.82) is 0 Å². The summed E-state index contributed by atoms with van der Waals surface area (Å²) in [5.41, 5.74) is 3.13. The second-order valence-electron chi connectivity index (χ2n) is 14.1. The lowest BCUT2D eigenvalue weighted by molar-refractivity contribution is -0.129. The van der Waals surface area contributed by atoms with Gasteiger partial charge in [0, 0.05) is 50.8 Å². The molecule has 5 rings (SSSR count). The number of amidine groups is 1. The van der Waals surface area contributed by atoms with Gasteiger partial charge in [-0.15, -0.1) is 11.6 Å². The first-order valence-corrected chi connectivity index (χ1v) is 19.7. The zero-order valence-electron chi connectivity index (χ0n) is 31.6. The van der Waals surface area contributed by atoms with Gasteiger partial charge in [-0.2, -0.15) is 0 Å². The molecule has 3 aromatic rings. The van der Waals surface area contributed by atoms with Crippen LogP contribution >= 0.6 is 11.6 Å². The van der Waals surface area contributed by atoms with Crippen LogP contribution in [0, 0.1) is 5.92 Å². The van der Waals surface area contributed by atoms with Gasteiger partial charge >= 0.3 is 0 Å². The van der Waals surface area contributed by atoms with Crippen molar-refractivity contribution in [2.45, 2.75) is 57.4 Å². The molecule has 11 heteroatoms. The summed E-state index contributed by atoms with van der Waals surface area (Å²) in [7, 11) is 3.95. The van der Waals surface area contributed by atoms with Gasteiger partial charge in [0.1, 0.15) is 18.1 Å². The number of rotatable bonds is 20. The number of ether oxygens (including phenoxy) is 2. The molecule has 10 nitrogen and oxygen atoms in total. The molecular weight excluding hydrogens is 702 g/mol. The Balaban J connectivity index is 1.09. The number of benzene rings is 3. The fourth-order valence-electron chi connectivity index (χ4n) is 6.64. The molecule has 0 unspecified atom stereocenters. The van der Waals surface area contributed by atoms with Crippen LogP contribution in [0.3, 0.4) is 0 Å². The molecule has 0 saturated heterocycles. The average Bonchev–Trinajstić information content (AvgIpc) is 3.46. The first kappa shape index (κ1) is 40.7. The third kappa shape index (κ3) is 12.5. The van der Waals surface area contributed by atoms with Gasteiger partial charge in [0.25, 0.3) is 5.91 Å². The minimum absolute atomic E-state index is 0.0222. The van der Waals surface area contributed by atoms with Gasteiger partial charge < -0.3 is 25.0 Å². The van der Waals surface area contributed by atoms with Crippen molar-refractivity contribution >= 4 is 63.8 Å². The summed E-state index contributed by atoms with van der Waals surface area (Å²) in [6.07, 6.45) is 12.5. The van der Waals surface area contributed by atoms with Crippen LogP contribution in [0.25, 0.3) is 22.9 Å². The second-order valence-corrected chi connectivity index (χ2v) is 14.4. The van der Waals surface area contributed by atoms with Crippen LogP contribution in [-0.2, 0) is 23.9 Å². The molecule has 2 N–H and O–H groups in total. The van der Waals surface area contributed by atoms with Crippen molar-refractivity contribution in [1.82, 2.24) is 15.5 Å². The van der Waals surface area contributed by atoms with E-state index in [4.69, 9.17) is 21.1 Å². The highest BCUT2D eigenvalue weighted by atomic mass is 35.5. The third-order valence-corrected chi connectivity index (χ3v) is 10.0. The van der Waals surface area contributed by atoms with Crippen molar-refractivity contribution in [3.63, 3.8) is 0 Å². The van der Waals surface area contributed by atoms with Crippen LogP contribution in [0.4, 0.5) is 5.69 Å². The molecule has 1 aliphatic heterocycles. The van der Waals surface area contributed by atoms with Crippen LogP contribution in [0.5, 0.6) is 0 Å². The third-order valence-electron chi connectivity index (χ3n) is 9.74. The number of anilines is 1. The SMILES string of the molecule is CN(C)c1ccc(/C=C2N=C(/C=C/c3ccc4ccccc4c3)N(CC(=O)NC3CCC(C(=O)NCCOCCOCCCCCCCl)CC3)C/2=O)cc1. The Kier molecular flexibility index (Phi) is 16.1. The predicted molar refractivity (Wildman–Crippen MR) is 219 cm³/mol. The van der Waals surface area contributed by atoms with Crippen molar-refractivity contribution in [3.8, 4) is 0 Å². The lowest BCUT2D eigenvalue weighted by atomic mass is 9.85. The molecule has 1 heterocycles. The molecule has 3 aromatic carbocycles. The number of fused-ring (bicyclic) bond motifs is 1. The summed E-state index contributed by atoms with van der Waals surface area (Å²) >= 11 is 5.70. The molecular formula is C43H54ClN5O5. The number of alkyl halides is 1. The zero-order valence-corrected chi connectivity index (χ0v) is 32.4. The molecule has 0 radical (unpaired) electrons. The van der Waals surface area contributed by atoms with Crippen molar-refractivity contribution in [3.05, 3.63) is 89.6 Å². The smallest absolute Gasteiger partial charge is 0.278 e. The Morgan fingerprint density at radius 1 is 0.852 bits per heavy atom. The maximum atomic E-state index is 13.7. The summed E-state index contributed by atoms with van der Waals surface area (Å²) in [6.45, 7) is 2.51. The van der Waals surface area contributed by atoms with Gasteiger partial charge in [-0.05, 0) is 90.8 Å². The standard InChI is InChI=1S/C43H54ClN5O5/c1-48(2)38-20-12-33(13-21-38)30-39-43(52)49(40(47-39)22-14-32-11-15-34-9-5-6-10-36(34)29-32)31-41(50)46-37-18-16-35(17-19-37)42(51)45-24-26-54-28-27-53-25-8-4-3-7-23-44/h5-6,9-15,20-22,29-30,35,37H,3-4,7-8,16-19,23-28,31H2,1-2H3,(H,45,51)(H,46,50)/b22-14+,39-30+.